The minimum Gasteiger partial charge on any atom is -0.510 e. The Morgan fingerprint density at radius 1 is 1.24 bits per heavy atom. The second-order valence-corrected chi connectivity index (χ2v) is 7.05. The van der Waals surface area contributed by atoms with Crippen LogP contribution in [0.15, 0.2) is 41.7 Å². The number of amides is 2. The second-order valence-electron chi connectivity index (χ2n) is 7.05. The minimum atomic E-state index is -0.894. The zero-order chi connectivity index (χ0) is 24.3. The van der Waals surface area contributed by atoms with Crippen LogP contribution in [0.4, 0.5) is 0 Å². The molecule has 182 valence electrons. The third kappa shape index (κ3) is 13.7. The van der Waals surface area contributed by atoms with Gasteiger partial charge < -0.3 is 30.0 Å². The van der Waals surface area contributed by atoms with Crippen molar-refractivity contribution >= 4 is 11.8 Å². The van der Waals surface area contributed by atoms with Crippen LogP contribution in [0.2, 0.25) is 0 Å². The Hall–Kier alpha value is -3.27. The van der Waals surface area contributed by atoms with E-state index in [2.05, 4.69) is 34.2 Å². The maximum Gasteiger partial charge on any atom is 0.251 e. The van der Waals surface area contributed by atoms with Crippen molar-refractivity contribution in [1.82, 2.24) is 10.6 Å². The molecule has 0 aliphatic heterocycles. The van der Waals surface area contributed by atoms with E-state index < -0.39 is 6.23 Å². The number of hydrogen-bond donors (Lipinski definition) is 3. The summed E-state index contributed by atoms with van der Waals surface area (Å²) in [6.45, 7) is 6.26. The normalized spacial score (nSPS) is 11.2. The van der Waals surface area contributed by atoms with Crippen molar-refractivity contribution in [1.29, 1.82) is 0 Å². The molecule has 2 amide bonds. The number of azide groups is 1. The van der Waals surface area contributed by atoms with Gasteiger partial charge in [0.15, 0.2) is 6.23 Å². The maximum atomic E-state index is 12.3. The van der Waals surface area contributed by atoms with E-state index >= 15 is 0 Å². The average molecular weight is 464 g/mol. The Labute approximate surface area is 193 Å². The molecule has 1 unspecified atom stereocenters. The summed E-state index contributed by atoms with van der Waals surface area (Å²) in [4.78, 5) is 26.7. The SMILES string of the molecule is C=C(O)COCCOC(COc1cccc(C(=O)NCCNC(=O)CCCCC)c1)N=[N+]=[N-]. The van der Waals surface area contributed by atoms with Gasteiger partial charge in [0.05, 0.1) is 13.2 Å². The second kappa shape index (κ2) is 17.3. The van der Waals surface area contributed by atoms with Gasteiger partial charge in [-0.05, 0) is 30.2 Å². The van der Waals surface area contributed by atoms with Gasteiger partial charge in [0.25, 0.3) is 5.91 Å². The molecule has 3 N–H and O–H groups in total. The molecule has 11 nitrogen and oxygen atoms in total. The fourth-order valence-corrected chi connectivity index (χ4v) is 2.60. The fourth-order valence-electron chi connectivity index (χ4n) is 2.60. The minimum absolute atomic E-state index is 0.00771. The van der Waals surface area contributed by atoms with Crippen LogP contribution in [0.1, 0.15) is 43.0 Å². The summed E-state index contributed by atoms with van der Waals surface area (Å²) in [6, 6.07) is 6.52. The molecule has 0 aliphatic carbocycles. The summed E-state index contributed by atoms with van der Waals surface area (Å²) in [5.74, 6) is -0.0103. The fraction of sp³-hybridized carbons (Fsp3) is 0.545. The van der Waals surface area contributed by atoms with Crippen molar-refractivity contribution in [2.24, 2.45) is 5.11 Å². The van der Waals surface area contributed by atoms with Crippen LogP contribution in [0.5, 0.6) is 5.75 Å². The van der Waals surface area contributed by atoms with E-state index in [1.54, 1.807) is 24.3 Å². The van der Waals surface area contributed by atoms with Gasteiger partial charge in [-0.25, -0.2) is 0 Å². The number of nitrogens with zero attached hydrogens (tertiary/aromatic N) is 3. The molecule has 0 aromatic heterocycles. The molecule has 0 fully saturated rings. The first-order valence-electron chi connectivity index (χ1n) is 10.8. The number of benzene rings is 1. The van der Waals surface area contributed by atoms with Gasteiger partial charge in [0, 0.05) is 30.0 Å². The van der Waals surface area contributed by atoms with E-state index in [0.29, 0.717) is 30.8 Å². The van der Waals surface area contributed by atoms with E-state index in [9.17, 15) is 9.59 Å². The molecule has 0 aliphatic rings. The topological polar surface area (TPSA) is 155 Å². The zero-order valence-corrected chi connectivity index (χ0v) is 19.0. The molecule has 0 saturated heterocycles. The lowest BCUT2D eigenvalue weighted by Gasteiger charge is -2.14. The number of carbonyl (C=O) groups excluding carboxylic acids is 2. The summed E-state index contributed by atoms with van der Waals surface area (Å²) in [6.07, 6.45) is 2.54. The number of hydrogen-bond acceptors (Lipinski definition) is 7. The summed E-state index contributed by atoms with van der Waals surface area (Å²) in [5.41, 5.74) is 9.07. The predicted octanol–water partition coefficient (Wildman–Crippen LogP) is 3.23. The number of nitrogens with one attached hydrogen (secondary N) is 2. The van der Waals surface area contributed by atoms with E-state index in [1.165, 1.54) is 0 Å². The molecule has 0 spiro atoms. The number of ether oxygens (including phenoxy) is 3. The van der Waals surface area contributed by atoms with Crippen LogP contribution in [0.3, 0.4) is 0 Å². The molecule has 0 heterocycles. The summed E-state index contributed by atoms with van der Waals surface area (Å²) >= 11 is 0. The van der Waals surface area contributed by atoms with E-state index in [0.717, 1.165) is 19.3 Å². The van der Waals surface area contributed by atoms with Crippen molar-refractivity contribution in [3.8, 4) is 5.75 Å². The van der Waals surface area contributed by atoms with Gasteiger partial charge in [0.2, 0.25) is 5.91 Å². The number of aliphatic hydroxyl groups is 1. The van der Waals surface area contributed by atoms with Gasteiger partial charge in [0.1, 0.15) is 24.7 Å². The first-order valence-corrected chi connectivity index (χ1v) is 10.8. The third-order valence-electron chi connectivity index (χ3n) is 4.22. The molecule has 1 aromatic rings. The largest absolute Gasteiger partial charge is 0.510 e. The molecule has 1 rings (SSSR count). The highest BCUT2D eigenvalue weighted by Gasteiger charge is 2.10. The quantitative estimate of drug-likeness (QED) is 0.0998. The van der Waals surface area contributed by atoms with E-state index in [-0.39, 0.29) is 44.0 Å². The number of carbonyl (C=O) groups is 2. The van der Waals surface area contributed by atoms with Crippen LogP contribution in [0, 0.1) is 0 Å². The molecule has 0 radical (unpaired) electrons. The molecule has 33 heavy (non-hydrogen) atoms. The maximum absolute atomic E-state index is 12.3. The van der Waals surface area contributed by atoms with Crippen LogP contribution in [-0.2, 0) is 14.3 Å². The van der Waals surface area contributed by atoms with Gasteiger partial charge in [-0.3, -0.25) is 9.59 Å². The highest BCUT2D eigenvalue weighted by atomic mass is 16.6. The molecule has 11 heteroatoms. The third-order valence-corrected chi connectivity index (χ3v) is 4.22. The van der Waals surface area contributed by atoms with Crippen LogP contribution in [0.25, 0.3) is 10.4 Å². The molecule has 1 aromatic carbocycles. The lowest BCUT2D eigenvalue weighted by Crippen LogP contribution is -2.34. The van der Waals surface area contributed by atoms with Gasteiger partial charge in [-0.15, -0.1) is 0 Å². The Kier molecular flexibility index (Phi) is 14.6. The number of aliphatic hydroxyl groups excluding tert-OH is 1. The van der Waals surface area contributed by atoms with Gasteiger partial charge in [-0.2, -0.15) is 0 Å². The highest BCUT2D eigenvalue weighted by Crippen LogP contribution is 2.14. The lowest BCUT2D eigenvalue weighted by atomic mass is 10.2. The Balaban J connectivity index is 2.40. The lowest BCUT2D eigenvalue weighted by molar-refractivity contribution is -0.121. The van der Waals surface area contributed by atoms with Crippen LogP contribution >= 0.6 is 0 Å². The summed E-state index contributed by atoms with van der Waals surface area (Å²) in [7, 11) is 0. The highest BCUT2D eigenvalue weighted by molar-refractivity contribution is 5.94. The van der Waals surface area contributed by atoms with Crippen molar-refractivity contribution in [2.75, 3.05) is 39.5 Å². The van der Waals surface area contributed by atoms with Crippen molar-refractivity contribution in [3.05, 3.63) is 52.6 Å². The summed E-state index contributed by atoms with van der Waals surface area (Å²) in [5, 5.41) is 18.0. The first kappa shape index (κ1) is 27.8. The number of unbranched alkanes of at least 4 members (excludes halogenated alkanes) is 2. The standard InChI is InChI=1S/C22H33N5O6/c1-3-4-5-9-20(29)24-10-11-25-22(30)18-7-6-8-19(14-18)33-16-21(26-27-23)32-13-12-31-15-17(2)28/h6-8,14,21,28H,2-5,9-13,15-16H2,1H3,(H,24,29)(H,25,30). The van der Waals surface area contributed by atoms with Gasteiger partial charge in [-0.1, -0.05) is 37.5 Å². The Bertz CT molecular complexity index is 797. The number of rotatable bonds is 18. The van der Waals surface area contributed by atoms with Crippen LogP contribution in [-0.4, -0.2) is 62.7 Å². The molecule has 0 bridgehead atoms. The molecular formula is C22H33N5O6. The molecule has 0 saturated carbocycles. The van der Waals surface area contributed by atoms with Crippen molar-refractivity contribution < 1.29 is 28.9 Å². The monoisotopic (exact) mass is 463 g/mol. The van der Waals surface area contributed by atoms with E-state index in [4.69, 9.17) is 24.8 Å². The summed E-state index contributed by atoms with van der Waals surface area (Å²) < 4.78 is 16.1. The predicted molar refractivity (Wildman–Crippen MR) is 123 cm³/mol. The molecular weight excluding hydrogens is 430 g/mol. The van der Waals surface area contributed by atoms with Crippen molar-refractivity contribution in [2.45, 2.75) is 38.8 Å². The van der Waals surface area contributed by atoms with Crippen LogP contribution < -0.4 is 15.4 Å². The smallest absolute Gasteiger partial charge is 0.251 e. The Morgan fingerprint density at radius 3 is 2.76 bits per heavy atom. The van der Waals surface area contributed by atoms with Gasteiger partial charge >= 0.3 is 0 Å². The first-order chi connectivity index (χ1) is 16.0. The average Bonchev–Trinajstić information content (AvgIpc) is 2.80. The Morgan fingerprint density at radius 2 is 2.03 bits per heavy atom. The van der Waals surface area contributed by atoms with Crippen molar-refractivity contribution in [3.63, 3.8) is 0 Å². The molecule has 1 atom stereocenters. The van der Waals surface area contributed by atoms with E-state index in [1.807, 2.05) is 0 Å². The zero-order valence-electron chi connectivity index (χ0n) is 19.0.